The highest BCUT2D eigenvalue weighted by Gasteiger charge is 2.19. The monoisotopic (exact) mass is 375 g/mol. The van der Waals surface area contributed by atoms with Crippen LogP contribution in [0.1, 0.15) is 29.3 Å². The first-order valence-corrected chi connectivity index (χ1v) is 8.55. The van der Waals surface area contributed by atoms with Gasteiger partial charge in [0, 0.05) is 6.54 Å². The van der Waals surface area contributed by atoms with Crippen LogP contribution in [-0.4, -0.2) is 36.7 Å². The van der Waals surface area contributed by atoms with Crippen LogP contribution in [0.25, 0.3) is 0 Å². The summed E-state index contributed by atoms with van der Waals surface area (Å²) < 4.78 is 24.4. The molecule has 0 aliphatic rings. The first-order chi connectivity index (χ1) is 13.0. The molecule has 0 bridgehead atoms. The molecule has 2 aromatic rings. The number of carboxylic acids is 1. The van der Waals surface area contributed by atoms with Crippen molar-refractivity contribution in [2.24, 2.45) is 0 Å². The predicted molar refractivity (Wildman–Crippen MR) is 97.8 cm³/mol. The van der Waals surface area contributed by atoms with Gasteiger partial charge in [-0.1, -0.05) is 25.1 Å². The van der Waals surface area contributed by atoms with Gasteiger partial charge in [0.2, 0.25) is 0 Å². The third kappa shape index (κ3) is 5.44. The van der Waals surface area contributed by atoms with Crippen molar-refractivity contribution >= 4 is 11.9 Å². The number of carboxylic acid groups (broad SMARTS) is 1. The lowest BCUT2D eigenvalue weighted by Crippen LogP contribution is -2.39. The van der Waals surface area contributed by atoms with Crippen LogP contribution in [0.15, 0.2) is 42.5 Å². The minimum atomic E-state index is -1.04. The van der Waals surface area contributed by atoms with Crippen molar-refractivity contribution in [2.75, 3.05) is 13.7 Å². The Labute approximate surface area is 156 Å². The molecular weight excluding hydrogens is 353 g/mol. The van der Waals surface area contributed by atoms with Crippen LogP contribution in [0.5, 0.6) is 11.5 Å². The first kappa shape index (κ1) is 20.2. The van der Waals surface area contributed by atoms with Gasteiger partial charge < -0.3 is 19.9 Å². The Kier molecular flexibility index (Phi) is 7.16. The molecule has 7 heteroatoms. The zero-order chi connectivity index (χ0) is 19.8. The number of benzene rings is 2. The Bertz CT molecular complexity index is 809. The maximum atomic E-state index is 13.7. The fraction of sp³-hybridized carbons (Fsp3) is 0.300. The van der Waals surface area contributed by atoms with Crippen molar-refractivity contribution in [2.45, 2.75) is 25.9 Å². The number of hydrogen-bond donors (Lipinski definition) is 2. The van der Waals surface area contributed by atoms with Gasteiger partial charge in [-0.25, -0.2) is 9.18 Å². The second-order valence-corrected chi connectivity index (χ2v) is 5.82. The number of para-hydroxylation sites is 1. The number of rotatable bonds is 9. The highest BCUT2D eigenvalue weighted by atomic mass is 19.1. The van der Waals surface area contributed by atoms with E-state index in [9.17, 15) is 14.0 Å². The summed E-state index contributed by atoms with van der Waals surface area (Å²) in [4.78, 5) is 23.3. The van der Waals surface area contributed by atoms with Gasteiger partial charge in [-0.15, -0.1) is 0 Å². The third-order valence-electron chi connectivity index (χ3n) is 4.00. The summed E-state index contributed by atoms with van der Waals surface area (Å²) >= 11 is 0. The molecule has 0 saturated carbocycles. The summed E-state index contributed by atoms with van der Waals surface area (Å²) in [5.74, 6) is -1.43. The number of carbonyl (C=O) groups excluding carboxylic acids is 1. The minimum absolute atomic E-state index is 0.0328. The fourth-order valence-corrected chi connectivity index (χ4v) is 2.53. The quantitative estimate of drug-likeness (QED) is 0.704. The maximum absolute atomic E-state index is 13.7. The Balaban J connectivity index is 1.94. The average Bonchev–Trinajstić information content (AvgIpc) is 2.67. The molecule has 144 valence electrons. The van der Waals surface area contributed by atoms with Crippen LogP contribution in [0.2, 0.25) is 0 Å². The third-order valence-corrected chi connectivity index (χ3v) is 4.00. The number of amides is 1. The summed E-state index contributed by atoms with van der Waals surface area (Å²) in [7, 11) is 1.46. The molecule has 0 radical (unpaired) electrons. The molecule has 27 heavy (non-hydrogen) atoms. The lowest BCUT2D eigenvalue weighted by Gasteiger charge is -2.18. The van der Waals surface area contributed by atoms with Crippen LogP contribution in [0, 0.1) is 5.82 Å². The second-order valence-electron chi connectivity index (χ2n) is 5.82. The number of aromatic carboxylic acids is 1. The van der Waals surface area contributed by atoms with E-state index in [1.54, 1.807) is 25.1 Å². The van der Waals surface area contributed by atoms with E-state index in [0.717, 1.165) is 5.56 Å². The summed E-state index contributed by atoms with van der Waals surface area (Å²) in [5.41, 5.74) is 0.898. The van der Waals surface area contributed by atoms with Gasteiger partial charge in [0.15, 0.2) is 17.7 Å². The molecule has 0 saturated heterocycles. The van der Waals surface area contributed by atoms with E-state index in [1.165, 1.54) is 31.4 Å². The van der Waals surface area contributed by atoms with E-state index in [2.05, 4.69) is 5.32 Å². The van der Waals surface area contributed by atoms with E-state index in [1.807, 2.05) is 0 Å². The van der Waals surface area contributed by atoms with Crippen molar-refractivity contribution in [3.63, 3.8) is 0 Å². The number of ether oxygens (including phenoxy) is 2. The molecule has 0 aromatic heterocycles. The molecule has 1 amide bonds. The topological polar surface area (TPSA) is 84.9 Å². The summed E-state index contributed by atoms with van der Waals surface area (Å²) in [6, 6.07) is 10.5. The van der Waals surface area contributed by atoms with Gasteiger partial charge in [-0.3, -0.25) is 4.79 Å². The van der Waals surface area contributed by atoms with Crippen LogP contribution < -0.4 is 14.8 Å². The first-order valence-electron chi connectivity index (χ1n) is 8.55. The molecule has 1 atom stereocenters. The van der Waals surface area contributed by atoms with E-state index in [0.29, 0.717) is 25.1 Å². The maximum Gasteiger partial charge on any atom is 0.335 e. The van der Waals surface area contributed by atoms with E-state index >= 15 is 0 Å². The highest BCUT2D eigenvalue weighted by molar-refractivity contribution is 5.88. The number of carbonyl (C=O) groups is 2. The van der Waals surface area contributed by atoms with Crippen LogP contribution in [-0.2, 0) is 11.2 Å². The SMILES string of the molecule is CCC(Oc1ccccc1F)C(=O)NCCc1ccc(C(=O)O)cc1OC. The molecule has 1 unspecified atom stereocenters. The molecule has 6 nitrogen and oxygen atoms in total. The molecule has 0 heterocycles. The highest BCUT2D eigenvalue weighted by Crippen LogP contribution is 2.21. The van der Waals surface area contributed by atoms with E-state index < -0.39 is 17.9 Å². The molecule has 2 aromatic carbocycles. The van der Waals surface area contributed by atoms with Gasteiger partial charge in [0.25, 0.3) is 5.91 Å². The Morgan fingerprint density at radius 3 is 2.56 bits per heavy atom. The van der Waals surface area contributed by atoms with Crippen molar-refractivity contribution in [1.29, 1.82) is 0 Å². The molecule has 0 aliphatic carbocycles. The van der Waals surface area contributed by atoms with Gasteiger partial charge in [0.05, 0.1) is 12.7 Å². The number of nitrogens with one attached hydrogen (secondary N) is 1. The summed E-state index contributed by atoms with van der Waals surface area (Å²) in [5, 5.41) is 11.8. The molecule has 2 N–H and O–H groups in total. The van der Waals surface area contributed by atoms with Gasteiger partial charge in [-0.2, -0.15) is 0 Å². The normalized spacial score (nSPS) is 11.5. The summed E-state index contributed by atoms with van der Waals surface area (Å²) in [6.45, 7) is 2.08. The lowest BCUT2D eigenvalue weighted by atomic mass is 10.1. The largest absolute Gasteiger partial charge is 0.496 e. The molecule has 0 aliphatic heterocycles. The molecule has 0 fully saturated rings. The van der Waals surface area contributed by atoms with E-state index in [-0.39, 0.29) is 17.2 Å². The zero-order valence-corrected chi connectivity index (χ0v) is 15.2. The zero-order valence-electron chi connectivity index (χ0n) is 15.2. The Hall–Kier alpha value is -3.09. The van der Waals surface area contributed by atoms with E-state index in [4.69, 9.17) is 14.6 Å². The van der Waals surface area contributed by atoms with Crippen molar-refractivity contribution in [3.05, 3.63) is 59.4 Å². The molecular formula is C20H22FNO5. The fourth-order valence-electron chi connectivity index (χ4n) is 2.53. The van der Waals surface area contributed by atoms with Crippen molar-refractivity contribution in [1.82, 2.24) is 5.32 Å². The van der Waals surface area contributed by atoms with Crippen LogP contribution >= 0.6 is 0 Å². The van der Waals surface area contributed by atoms with Crippen LogP contribution in [0.4, 0.5) is 4.39 Å². The minimum Gasteiger partial charge on any atom is -0.496 e. The average molecular weight is 375 g/mol. The van der Waals surface area contributed by atoms with Crippen molar-refractivity contribution in [3.8, 4) is 11.5 Å². The molecule has 2 rings (SSSR count). The Morgan fingerprint density at radius 1 is 1.19 bits per heavy atom. The number of methoxy groups -OCH3 is 1. The number of hydrogen-bond acceptors (Lipinski definition) is 4. The molecule has 0 spiro atoms. The van der Waals surface area contributed by atoms with Gasteiger partial charge in [-0.05, 0) is 42.7 Å². The second kappa shape index (κ2) is 9.56. The van der Waals surface area contributed by atoms with Gasteiger partial charge in [0.1, 0.15) is 5.75 Å². The van der Waals surface area contributed by atoms with Crippen molar-refractivity contribution < 1.29 is 28.6 Å². The Morgan fingerprint density at radius 2 is 1.93 bits per heavy atom. The number of halogens is 1. The van der Waals surface area contributed by atoms with Crippen LogP contribution in [0.3, 0.4) is 0 Å². The predicted octanol–water partition coefficient (Wildman–Crippen LogP) is 3.05. The standard InChI is InChI=1S/C20H22FNO5/c1-3-16(27-17-7-5-4-6-15(17)21)19(23)22-11-10-13-8-9-14(20(24)25)12-18(13)26-2/h4-9,12,16H,3,10-11H2,1-2H3,(H,22,23)(H,24,25). The van der Waals surface area contributed by atoms with Gasteiger partial charge >= 0.3 is 5.97 Å². The summed E-state index contributed by atoms with van der Waals surface area (Å²) in [6.07, 6.45) is 0.0278. The smallest absolute Gasteiger partial charge is 0.335 e. The lowest BCUT2D eigenvalue weighted by molar-refractivity contribution is -0.128.